The number of nitrogens with zero attached hydrogens (tertiary/aromatic N) is 1. The number of aromatic nitrogens is 1. The van der Waals surface area contributed by atoms with E-state index in [1.165, 1.54) is 12.3 Å². The van der Waals surface area contributed by atoms with Gasteiger partial charge in [0.25, 0.3) is 0 Å². The van der Waals surface area contributed by atoms with Crippen molar-refractivity contribution < 1.29 is 14.7 Å². The summed E-state index contributed by atoms with van der Waals surface area (Å²) in [5, 5.41) is 8.84. The van der Waals surface area contributed by atoms with Crippen LogP contribution in [-0.2, 0) is 0 Å². The van der Waals surface area contributed by atoms with E-state index >= 15 is 0 Å². The molecule has 0 spiro atoms. The molecule has 1 N–H and O–H groups in total. The summed E-state index contributed by atoms with van der Waals surface area (Å²) in [6, 6.07) is 10.5. The van der Waals surface area contributed by atoms with Gasteiger partial charge in [-0.1, -0.05) is 18.2 Å². The van der Waals surface area contributed by atoms with Crippen LogP contribution < -0.4 is 0 Å². The van der Waals surface area contributed by atoms with E-state index in [9.17, 15) is 9.59 Å². The fraction of sp³-hybridized carbons (Fsp3) is 0. The molecule has 0 amide bonds. The SMILES string of the molecule is O=Cc1cc(C(=O)O)cn1-c1ccccc1. The Labute approximate surface area is 91.8 Å². The monoisotopic (exact) mass is 215 g/mol. The maximum absolute atomic E-state index is 10.8. The van der Waals surface area contributed by atoms with Gasteiger partial charge in [0.05, 0.1) is 11.3 Å². The second-order valence-electron chi connectivity index (χ2n) is 3.28. The predicted octanol–water partition coefficient (Wildman–Crippen LogP) is 1.99. The first-order chi connectivity index (χ1) is 7.72. The number of carboxylic acids is 1. The minimum absolute atomic E-state index is 0.103. The molecule has 0 unspecified atom stereocenters. The number of aldehydes is 1. The smallest absolute Gasteiger partial charge is 0.337 e. The van der Waals surface area contributed by atoms with Crippen LogP contribution in [0.15, 0.2) is 42.6 Å². The lowest BCUT2D eigenvalue weighted by molar-refractivity contribution is 0.0697. The van der Waals surface area contributed by atoms with Crippen LogP contribution in [0.25, 0.3) is 5.69 Å². The van der Waals surface area contributed by atoms with Crippen molar-refractivity contribution in [3.63, 3.8) is 0 Å². The third-order valence-electron chi connectivity index (χ3n) is 2.25. The average molecular weight is 215 g/mol. The first-order valence-electron chi connectivity index (χ1n) is 4.68. The third kappa shape index (κ3) is 1.72. The number of carboxylic acid groups (broad SMARTS) is 1. The summed E-state index contributed by atoms with van der Waals surface area (Å²) in [6.45, 7) is 0. The molecular weight excluding hydrogens is 206 g/mol. The van der Waals surface area contributed by atoms with Gasteiger partial charge in [-0.2, -0.15) is 0 Å². The minimum Gasteiger partial charge on any atom is -0.478 e. The number of hydrogen-bond donors (Lipinski definition) is 1. The van der Waals surface area contributed by atoms with E-state index in [1.54, 1.807) is 16.7 Å². The molecule has 4 nitrogen and oxygen atoms in total. The lowest BCUT2D eigenvalue weighted by Crippen LogP contribution is -1.97. The molecule has 0 aliphatic rings. The van der Waals surface area contributed by atoms with E-state index in [0.29, 0.717) is 12.0 Å². The molecule has 1 aromatic carbocycles. The van der Waals surface area contributed by atoms with Gasteiger partial charge in [-0.05, 0) is 18.2 Å². The molecule has 80 valence electrons. The van der Waals surface area contributed by atoms with Crippen LogP contribution in [0.1, 0.15) is 20.8 Å². The normalized spacial score (nSPS) is 10.0. The van der Waals surface area contributed by atoms with Gasteiger partial charge in [-0.15, -0.1) is 0 Å². The Bertz CT molecular complexity index is 528. The number of carbonyl (C=O) groups excluding carboxylic acids is 1. The third-order valence-corrected chi connectivity index (χ3v) is 2.25. The van der Waals surface area contributed by atoms with Gasteiger partial charge < -0.3 is 9.67 Å². The highest BCUT2D eigenvalue weighted by molar-refractivity contribution is 5.90. The molecule has 1 heterocycles. The summed E-state index contributed by atoms with van der Waals surface area (Å²) in [4.78, 5) is 21.6. The Morgan fingerprint density at radius 1 is 1.25 bits per heavy atom. The molecule has 0 atom stereocenters. The summed E-state index contributed by atoms with van der Waals surface area (Å²) in [6.07, 6.45) is 2.07. The van der Waals surface area contributed by atoms with E-state index in [4.69, 9.17) is 5.11 Å². The van der Waals surface area contributed by atoms with Crippen molar-refractivity contribution in [2.75, 3.05) is 0 Å². The van der Waals surface area contributed by atoms with Crippen molar-refractivity contribution in [3.05, 3.63) is 53.9 Å². The molecular formula is C12H9NO3. The number of carbonyl (C=O) groups is 2. The van der Waals surface area contributed by atoms with Crippen LogP contribution in [-0.4, -0.2) is 21.9 Å². The van der Waals surface area contributed by atoms with Crippen molar-refractivity contribution in [2.45, 2.75) is 0 Å². The number of aromatic carboxylic acids is 1. The number of rotatable bonds is 3. The zero-order valence-electron chi connectivity index (χ0n) is 8.33. The Balaban J connectivity index is 2.56. The number of benzene rings is 1. The van der Waals surface area contributed by atoms with Crippen LogP contribution in [0, 0.1) is 0 Å². The van der Waals surface area contributed by atoms with Gasteiger partial charge in [0.1, 0.15) is 0 Å². The summed E-state index contributed by atoms with van der Waals surface area (Å²) in [5.74, 6) is -1.04. The summed E-state index contributed by atoms with van der Waals surface area (Å²) in [5.41, 5.74) is 1.19. The van der Waals surface area contributed by atoms with Gasteiger partial charge >= 0.3 is 5.97 Å². The molecule has 0 saturated heterocycles. The maximum Gasteiger partial charge on any atom is 0.337 e. The van der Waals surface area contributed by atoms with Crippen LogP contribution in [0.2, 0.25) is 0 Å². The maximum atomic E-state index is 10.8. The molecule has 0 fully saturated rings. The topological polar surface area (TPSA) is 59.3 Å². The van der Waals surface area contributed by atoms with Crippen LogP contribution in [0.3, 0.4) is 0 Å². The molecule has 4 heteroatoms. The molecule has 0 aliphatic carbocycles. The zero-order valence-corrected chi connectivity index (χ0v) is 8.33. The van der Waals surface area contributed by atoms with Gasteiger partial charge in [0.2, 0.25) is 0 Å². The van der Waals surface area contributed by atoms with Crippen molar-refractivity contribution >= 4 is 12.3 Å². The number of para-hydroxylation sites is 1. The first-order valence-corrected chi connectivity index (χ1v) is 4.68. The molecule has 16 heavy (non-hydrogen) atoms. The van der Waals surface area contributed by atoms with Crippen molar-refractivity contribution in [1.29, 1.82) is 0 Å². The second kappa shape index (κ2) is 4.02. The predicted molar refractivity (Wildman–Crippen MR) is 58.1 cm³/mol. The van der Waals surface area contributed by atoms with Crippen molar-refractivity contribution in [3.8, 4) is 5.69 Å². The zero-order chi connectivity index (χ0) is 11.5. The standard InChI is InChI=1S/C12H9NO3/c14-8-11-6-9(12(15)16)7-13(11)10-4-2-1-3-5-10/h1-8H,(H,15,16). The van der Waals surface area contributed by atoms with Crippen molar-refractivity contribution in [2.24, 2.45) is 0 Å². The van der Waals surface area contributed by atoms with Crippen molar-refractivity contribution in [1.82, 2.24) is 4.57 Å². The minimum atomic E-state index is -1.04. The average Bonchev–Trinajstić information content (AvgIpc) is 2.74. The molecule has 2 rings (SSSR count). The van der Waals surface area contributed by atoms with Gasteiger partial charge in [-0.25, -0.2) is 4.79 Å². The molecule has 1 aromatic heterocycles. The largest absolute Gasteiger partial charge is 0.478 e. The highest BCUT2D eigenvalue weighted by atomic mass is 16.4. The Morgan fingerprint density at radius 3 is 2.50 bits per heavy atom. The summed E-state index contributed by atoms with van der Waals surface area (Å²) < 4.78 is 1.55. The molecule has 2 aromatic rings. The van der Waals surface area contributed by atoms with Gasteiger partial charge in [0, 0.05) is 11.9 Å². The molecule has 0 saturated carbocycles. The fourth-order valence-electron chi connectivity index (χ4n) is 1.50. The quantitative estimate of drug-likeness (QED) is 0.796. The van der Waals surface area contributed by atoms with E-state index in [2.05, 4.69) is 0 Å². The van der Waals surface area contributed by atoms with Gasteiger partial charge in [0.15, 0.2) is 6.29 Å². The van der Waals surface area contributed by atoms with E-state index in [0.717, 1.165) is 5.69 Å². The lowest BCUT2D eigenvalue weighted by atomic mass is 10.3. The van der Waals surface area contributed by atoms with Crippen LogP contribution in [0.5, 0.6) is 0 Å². The Morgan fingerprint density at radius 2 is 1.94 bits per heavy atom. The lowest BCUT2D eigenvalue weighted by Gasteiger charge is -2.03. The molecule has 0 aliphatic heterocycles. The molecule has 0 radical (unpaired) electrons. The Kier molecular flexibility index (Phi) is 2.55. The fourth-order valence-corrected chi connectivity index (χ4v) is 1.50. The highest BCUT2D eigenvalue weighted by Gasteiger charge is 2.11. The van der Waals surface area contributed by atoms with Gasteiger partial charge in [-0.3, -0.25) is 4.79 Å². The van der Waals surface area contributed by atoms with E-state index < -0.39 is 5.97 Å². The van der Waals surface area contributed by atoms with E-state index in [-0.39, 0.29) is 5.56 Å². The van der Waals surface area contributed by atoms with Crippen LogP contribution >= 0.6 is 0 Å². The number of hydrogen-bond acceptors (Lipinski definition) is 2. The second-order valence-corrected chi connectivity index (χ2v) is 3.28. The summed E-state index contributed by atoms with van der Waals surface area (Å²) in [7, 11) is 0. The van der Waals surface area contributed by atoms with E-state index in [1.807, 2.05) is 18.2 Å². The Hall–Kier alpha value is -2.36. The molecule has 0 bridgehead atoms. The summed E-state index contributed by atoms with van der Waals surface area (Å²) >= 11 is 0. The highest BCUT2D eigenvalue weighted by Crippen LogP contribution is 2.14. The van der Waals surface area contributed by atoms with Crippen LogP contribution in [0.4, 0.5) is 0 Å². The first kappa shape index (κ1) is 10.2.